The molecule has 12 heteroatoms. The van der Waals surface area contributed by atoms with E-state index in [2.05, 4.69) is 15.6 Å². The van der Waals surface area contributed by atoms with Crippen molar-refractivity contribution in [3.63, 3.8) is 0 Å². The van der Waals surface area contributed by atoms with E-state index < -0.39 is 34.9 Å². The van der Waals surface area contributed by atoms with E-state index >= 15 is 0 Å². The third-order valence-electron chi connectivity index (χ3n) is 6.33. The van der Waals surface area contributed by atoms with Crippen LogP contribution in [-0.2, 0) is 27.5 Å². The molecule has 2 N–H and O–H groups in total. The molecule has 0 bridgehead atoms. The van der Waals surface area contributed by atoms with Crippen LogP contribution in [0.1, 0.15) is 29.1 Å². The third-order valence-corrected chi connectivity index (χ3v) is 7.56. The second-order valence-electron chi connectivity index (χ2n) is 9.56. The second kappa shape index (κ2) is 13.3. The van der Waals surface area contributed by atoms with Gasteiger partial charge in [0.05, 0.1) is 18.5 Å². The summed E-state index contributed by atoms with van der Waals surface area (Å²) in [5.74, 6) is -1.81. The quantitative estimate of drug-likeness (QED) is 0.231. The summed E-state index contributed by atoms with van der Waals surface area (Å²) in [4.78, 5) is 44.0. The van der Waals surface area contributed by atoms with Gasteiger partial charge < -0.3 is 19.8 Å². The summed E-state index contributed by atoms with van der Waals surface area (Å²) in [6, 6.07) is 21.2. The third kappa shape index (κ3) is 7.66. The number of thioether (sulfide) groups is 1. The van der Waals surface area contributed by atoms with Gasteiger partial charge in [-0.15, -0.1) is 0 Å². The van der Waals surface area contributed by atoms with E-state index in [4.69, 9.17) is 9.15 Å². The summed E-state index contributed by atoms with van der Waals surface area (Å²) in [5, 5.41) is 4.77. The van der Waals surface area contributed by atoms with Crippen molar-refractivity contribution in [2.24, 2.45) is 4.99 Å². The predicted molar refractivity (Wildman–Crippen MR) is 157 cm³/mol. The van der Waals surface area contributed by atoms with Crippen molar-refractivity contribution in [1.82, 2.24) is 10.2 Å². The number of nitrogens with zero attached hydrogens (tertiary/aromatic N) is 2. The number of aliphatic imine (C=N–C) groups is 1. The molecule has 1 aliphatic rings. The molecule has 2 heterocycles. The molecule has 4 aromatic rings. The number of hydrogen-bond donors (Lipinski definition) is 2. The minimum absolute atomic E-state index is 0.0302. The molecule has 220 valence electrons. The lowest BCUT2D eigenvalue weighted by molar-refractivity contribution is -0.126. The number of halogens is 2. The molecule has 5 rings (SSSR count). The fourth-order valence-corrected chi connectivity index (χ4v) is 5.34. The molecule has 3 aromatic carbocycles. The average molecular weight is 605 g/mol. The van der Waals surface area contributed by atoms with Gasteiger partial charge in [0.1, 0.15) is 35.3 Å². The van der Waals surface area contributed by atoms with Crippen LogP contribution in [0.25, 0.3) is 0 Å². The van der Waals surface area contributed by atoms with E-state index in [0.717, 1.165) is 35.5 Å². The van der Waals surface area contributed by atoms with Gasteiger partial charge in [-0.05, 0) is 54.4 Å². The molecule has 1 fully saturated rings. The highest BCUT2D eigenvalue weighted by Crippen LogP contribution is 2.41. The number of anilines is 1. The number of carbonyl (C=O) groups is 3. The molecule has 1 aromatic heterocycles. The van der Waals surface area contributed by atoms with Crippen molar-refractivity contribution in [1.29, 1.82) is 0 Å². The topological polar surface area (TPSA) is 113 Å². The van der Waals surface area contributed by atoms with Gasteiger partial charge in [0.2, 0.25) is 11.8 Å². The Bertz CT molecular complexity index is 1610. The van der Waals surface area contributed by atoms with Crippen LogP contribution in [0, 0.1) is 11.6 Å². The normalized spacial score (nSPS) is 16.3. The molecule has 0 saturated carbocycles. The Labute approximate surface area is 249 Å². The first-order chi connectivity index (χ1) is 20.7. The summed E-state index contributed by atoms with van der Waals surface area (Å²) >= 11 is 1.13. The van der Waals surface area contributed by atoms with Crippen LogP contribution in [0.4, 0.5) is 25.0 Å². The Balaban J connectivity index is 1.24. The van der Waals surface area contributed by atoms with Crippen molar-refractivity contribution in [2.45, 2.75) is 31.4 Å². The fourth-order valence-electron chi connectivity index (χ4n) is 4.17. The second-order valence-corrected chi connectivity index (χ2v) is 10.6. The lowest BCUT2D eigenvalue weighted by atomic mass is 10.1. The summed E-state index contributed by atoms with van der Waals surface area (Å²) < 4.78 is 38.1. The van der Waals surface area contributed by atoms with Crippen LogP contribution >= 0.6 is 11.8 Å². The zero-order valence-corrected chi connectivity index (χ0v) is 23.6. The van der Waals surface area contributed by atoms with Gasteiger partial charge in [-0.3, -0.25) is 14.5 Å². The van der Waals surface area contributed by atoms with E-state index in [1.807, 2.05) is 30.3 Å². The molecule has 1 aliphatic heterocycles. The van der Waals surface area contributed by atoms with Crippen molar-refractivity contribution in [3.8, 4) is 0 Å². The number of nitrogens with one attached hydrogen (secondary N) is 2. The SMILES string of the molecule is C[C@@H](NC(=O)OCc1ccccc1)C(=O)Nc1ccc(C2SC(=Nc3cc(F)cc(F)c3)N(Cc3ccco3)C2=O)cc1. The smallest absolute Gasteiger partial charge is 0.408 e. The number of ether oxygens (including phenoxy) is 1. The van der Waals surface area contributed by atoms with E-state index in [-0.39, 0.29) is 29.9 Å². The zero-order chi connectivity index (χ0) is 30.3. The minimum atomic E-state index is -0.878. The van der Waals surface area contributed by atoms with Crippen LogP contribution in [0.2, 0.25) is 0 Å². The van der Waals surface area contributed by atoms with Crippen molar-refractivity contribution < 1.29 is 32.3 Å². The number of hydrogen-bond acceptors (Lipinski definition) is 7. The van der Waals surface area contributed by atoms with E-state index in [1.54, 1.807) is 36.4 Å². The molecule has 1 saturated heterocycles. The summed E-state index contributed by atoms with van der Waals surface area (Å²) in [5.41, 5.74) is 1.93. The maximum Gasteiger partial charge on any atom is 0.408 e. The van der Waals surface area contributed by atoms with E-state index in [1.165, 1.54) is 18.1 Å². The number of alkyl carbamates (subject to hydrolysis) is 1. The number of carbonyl (C=O) groups excluding carboxylic acids is 3. The highest BCUT2D eigenvalue weighted by atomic mass is 32.2. The number of rotatable bonds is 9. The van der Waals surface area contributed by atoms with Gasteiger partial charge in [-0.2, -0.15) is 0 Å². The Hall–Kier alpha value is -4.97. The number of benzene rings is 3. The van der Waals surface area contributed by atoms with Crippen LogP contribution in [0.5, 0.6) is 0 Å². The van der Waals surface area contributed by atoms with Crippen LogP contribution < -0.4 is 10.6 Å². The Kier molecular flexibility index (Phi) is 9.16. The fraction of sp³-hybridized carbons (Fsp3) is 0.161. The largest absolute Gasteiger partial charge is 0.467 e. The lowest BCUT2D eigenvalue weighted by Crippen LogP contribution is -2.41. The van der Waals surface area contributed by atoms with Crippen LogP contribution in [0.15, 0.2) is 101 Å². The molecule has 0 aliphatic carbocycles. The molecule has 43 heavy (non-hydrogen) atoms. The Morgan fingerprint density at radius 3 is 2.42 bits per heavy atom. The van der Waals surface area contributed by atoms with E-state index in [9.17, 15) is 23.2 Å². The molecule has 0 radical (unpaired) electrons. The van der Waals surface area contributed by atoms with Crippen molar-refractivity contribution in [3.05, 3.63) is 120 Å². The standard InChI is InChI=1S/C31H26F2N4O5S/c1-19(34-31(40)42-18-20-6-3-2-4-7-20)28(38)35-24-11-9-21(10-12-24)27-29(39)37(17-26-8-5-13-41-26)30(43-27)36-25-15-22(32)14-23(33)16-25/h2-16,19,27H,17-18H2,1H3,(H,34,40)(H,35,38)/t19-,27?/m1/s1. The van der Waals surface area contributed by atoms with Crippen molar-refractivity contribution in [2.75, 3.05) is 5.32 Å². The number of amides is 3. The van der Waals surface area contributed by atoms with Gasteiger partial charge in [-0.25, -0.2) is 18.6 Å². The van der Waals surface area contributed by atoms with E-state index in [0.29, 0.717) is 17.0 Å². The van der Waals surface area contributed by atoms with Gasteiger partial charge >= 0.3 is 6.09 Å². The molecule has 1 unspecified atom stereocenters. The Morgan fingerprint density at radius 2 is 1.74 bits per heavy atom. The minimum Gasteiger partial charge on any atom is -0.467 e. The molecular formula is C31H26F2N4O5S. The number of furan rings is 1. The highest BCUT2D eigenvalue weighted by Gasteiger charge is 2.39. The Morgan fingerprint density at radius 1 is 1.02 bits per heavy atom. The zero-order valence-electron chi connectivity index (χ0n) is 22.8. The molecule has 3 amide bonds. The summed E-state index contributed by atoms with van der Waals surface area (Å²) in [6.07, 6.45) is 0.757. The first-order valence-corrected chi connectivity index (χ1v) is 14.1. The lowest BCUT2D eigenvalue weighted by Gasteiger charge is -2.16. The summed E-state index contributed by atoms with van der Waals surface area (Å²) in [7, 11) is 0. The van der Waals surface area contributed by atoms with Crippen molar-refractivity contribution >= 4 is 46.2 Å². The van der Waals surface area contributed by atoms with Gasteiger partial charge in [-0.1, -0.05) is 54.2 Å². The van der Waals surface area contributed by atoms with Gasteiger partial charge in [0, 0.05) is 11.8 Å². The highest BCUT2D eigenvalue weighted by molar-refractivity contribution is 8.15. The van der Waals surface area contributed by atoms with Gasteiger partial charge in [0.25, 0.3) is 0 Å². The summed E-state index contributed by atoms with van der Waals surface area (Å²) in [6.45, 7) is 1.68. The molecule has 9 nitrogen and oxygen atoms in total. The molecule has 0 spiro atoms. The van der Waals surface area contributed by atoms with Gasteiger partial charge in [0.15, 0.2) is 5.17 Å². The first-order valence-electron chi connectivity index (χ1n) is 13.2. The monoisotopic (exact) mass is 604 g/mol. The first kappa shape index (κ1) is 29.5. The maximum absolute atomic E-state index is 13.8. The number of amidine groups is 1. The maximum atomic E-state index is 13.8. The van der Waals surface area contributed by atoms with Crippen LogP contribution in [-0.4, -0.2) is 34.0 Å². The van der Waals surface area contributed by atoms with Crippen LogP contribution in [0.3, 0.4) is 0 Å². The molecular weight excluding hydrogens is 578 g/mol. The molecule has 2 atom stereocenters. The predicted octanol–water partition coefficient (Wildman–Crippen LogP) is 6.32. The average Bonchev–Trinajstić information content (AvgIpc) is 3.61.